The molecular formula is C19H29ClN2O2. The third-order valence-electron chi connectivity index (χ3n) is 5.27. The van der Waals surface area contributed by atoms with Crippen molar-refractivity contribution in [3.63, 3.8) is 0 Å². The van der Waals surface area contributed by atoms with Gasteiger partial charge in [0.15, 0.2) is 0 Å². The van der Waals surface area contributed by atoms with Crippen LogP contribution in [0, 0.1) is 0 Å². The number of piperidine rings is 1. The molecular weight excluding hydrogens is 324 g/mol. The summed E-state index contributed by atoms with van der Waals surface area (Å²) in [6.45, 7) is 8.72. The highest BCUT2D eigenvalue weighted by molar-refractivity contribution is 5.85. The molecule has 0 N–H and O–H groups in total. The van der Waals surface area contributed by atoms with Gasteiger partial charge in [-0.1, -0.05) is 30.3 Å². The van der Waals surface area contributed by atoms with Gasteiger partial charge in [-0.2, -0.15) is 0 Å². The van der Waals surface area contributed by atoms with Crippen LogP contribution in [0.15, 0.2) is 30.3 Å². The number of carbonyl (C=O) groups excluding carboxylic acids is 1. The number of morpholine rings is 1. The van der Waals surface area contributed by atoms with E-state index in [-0.39, 0.29) is 30.0 Å². The molecule has 1 aromatic carbocycles. The van der Waals surface area contributed by atoms with Crippen molar-refractivity contribution in [3.05, 3.63) is 35.9 Å². The van der Waals surface area contributed by atoms with Gasteiger partial charge >= 0.3 is 0 Å². The minimum atomic E-state index is -0.292. The predicted molar refractivity (Wildman–Crippen MR) is 98.6 cm³/mol. The summed E-state index contributed by atoms with van der Waals surface area (Å²) in [6, 6.07) is 10.7. The van der Waals surface area contributed by atoms with Crippen molar-refractivity contribution in [2.75, 3.05) is 32.7 Å². The topological polar surface area (TPSA) is 32.8 Å². The Hall–Kier alpha value is -1.10. The maximum absolute atomic E-state index is 12.1. The highest BCUT2D eigenvalue weighted by Crippen LogP contribution is 2.32. The van der Waals surface area contributed by atoms with Crippen LogP contribution in [-0.4, -0.2) is 60.1 Å². The summed E-state index contributed by atoms with van der Waals surface area (Å²) in [7, 11) is 0. The third-order valence-corrected chi connectivity index (χ3v) is 5.27. The number of nitrogens with zero attached hydrogens (tertiary/aromatic N) is 2. The van der Waals surface area contributed by atoms with Crippen molar-refractivity contribution in [2.24, 2.45) is 0 Å². The summed E-state index contributed by atoms with van der Waals surface area (Å²) < 4.78 is 6.15. The van der Waals surface area contributed by atoms with Crippen molar-refractivity contribution >= 4 is 18.3 Å². The van der Waals surface area contributed by atoms with Gasteiger partial charge < -0.3 is 14.5 Å². The molecule has 134 valence electrons. The van der Waals surface area contributed by atoms with E-state index in [1.54, 1.807) is 0 Å². The molecule has 1 spiro atoms. The monoisotopic (exact) mass is 352 g/mol. The van der Waals surface area contributed by atoms with E-state index in [0.29, 0.717) is 0 Å². The number of rotatable bonds is 4. The molecule has 2 fully saturated rings. The normalized spacial score (nSPS) is 24.0. The Morgan fingerprint density at radius 3 is 2.50 bits per heavy atom. The van der Waals surface area contributed by atoms with Crippen molar-refractivity contribution in [1.82, 2.24) is 9.80 Å². The fraction of sp³-hybridized carbons (Fsp3) is 0.632. The van der Waals surface area contributed by atoms with E-state index in [1.807, 2.05) is 11.8 Å². The molecule has 2 heterocycles. The summed E-state index contributed by atoms with van der Waals surface area (Å²) in [5.41, 5.74) is 1.28. The van der Waals surface area contributed by atoms with Crippen LogP contribution in [-0.2, 0) is 16.0 Å². The van der Waals surface area contributed by atoms with E-state index in [9.17, 15) is 4.79 Å². The minimum Gasteiger partial charge on any atom is -0.360 e. The molecule has 24 heavy (non-hydrogen) atoms. The van der Waals surface area contributed by atoms with Crippen LogP contribution in [0.25, 0.3) is 0 Å². The number of hydrogen-bond donors (Lipinski definition) is 0. The first-order chi connectivity index (χ1) is 11.1. The molecule has 0 aliphatic carbocycles. The Balaban J connectivity index is 0.00000208. The molecule has 1 atom stereocenters. The fourth-order valence-corrected chi connectivity index (χ4v) is 3.81. The lowest BCUT2D eigenvalue weighted by Gasteiger charge is -2.49. The van der Waals surface area contributed by atoms with E-state index in [0.717, 1.165) is 52.0 Å². The molecule has 0 saturated carbocycles. The van der Waals surface area contributed by atoms with Gasteiger partial charge in [0, 0.05) is 32.7 Å². The highest BCUT2D eigenvalue weighted by Gasteiger charge is 2.44. The van der Waals surface area contributed by atoms with Crippen LogP contribution in [0.3, 0.4) is 0 Å². The Labute approximate surface area is 151 Å². The van der Waals surface area contributed by atoms with E-state index < -0.39 is 0 Å². The van der Waals surface area contributed by atoms with Gasteiger partial charge in [-0.15, -0.1) is 12.4 Å². The number of ether oxygens (including phenoxy) is 1. The van der Waals surface area contributed by atoms with Crippen molar-refractivity contribution < 1.29 is 9.53 Å². The molecule has 3 rings (SSSR count). The fourth-order valence-electron chi connectivity index (χ4n) is 3.81. The largest absolute Gasteiger partial charge is 0.360 e. The average molecular weight is 353 g/mol. The van der Waals surface area contributed by atoms with Crippen molar-refractivity contribution in [3.8, 4) is 0 Å². The lowest BCUT2D eigenvalue weighted by Crippen LogP contribution is -2.61. The molecule has 0 radical (unpaired) electrons. The first kappa shape index (κ1) is 19.2. The van der Waals surface area contributed by atoms with Gasteiger partial charge in [0.2, 0.25) is 0 Å². The van der Waals surface area contributed by atoms with Crippen LogP contribution >= 0.6 is 12.4 Å². The second-order valence-corrected chi connectivity index (χ2v) is 6.87. The summed E-state index contributed by atoms with van der Waals surface area (Å²) >= 11 is 0. The molecule has 1 unspecified atom stereocenters. The molecule has 2 saturated heterocycles. The van der Waals surface area contributed by atoms with Crippen LogP contribution < -0.4 is 0 Å². The number of benzene rings is 1. The standard InChI is InChI=1S/C19H28N2O2.ClH/c1-3-21-15-19(23-16(2)18(21)22)10-13-20(14-11-19)12-9-17-7-5-4-6-8-17;/h4-8,16H,3,9-15H2,1-2H3;1H. The quantitative estimate of drug-likeness (QED) is 0.835. The Bertz CT molecular complexity index is 529. The second kappa shape index (κ2) is 8.32. The number of amides is 1. The summed E-state index contributed by atoms with van der Waals surface area (Å²) in [6.07, 6.45) is 2.86. The Morgan fingerprint density at radius 2 is 1.88 bits per heavy atom. The first-order valence-electron chi connectivity index (χ1n) is 8.85. The van der Waals surface area contributed by atoms with E-state index >= 15 is 0 Å². The minimum absolute atomic E-state index is 0. The van der Waals surface area contributed by atoms with E-state index in [2.05, 4.69) is 42.2 Å². The summed E-state index contributed by atoms with van der Waals surface area (Å²) in [4.78, 5) is 16.6. The maximum atomic E-state index is 12.1. The van der Waals surface area contributed by atoms with Crippen LogP contribution in [0.1, 0.15) is 32.3 Å². The van der Waals surface area contributed by atoms with Crippen LogP contribution in [0.5, 0.6) is 0 Å². The Kier molecular flexibility index (Phi) is 6.67. The van der Waals surface area contributed by atoms with Crippen molar-refractivity contribution in [1.29, 1.82) is 0 Å². The molecule has 0 bridgehead atoms. The van der Waals surface area contributed by atoms with Gasteiger partial charge in [0.1, 0.15) is 6.10 Å². The molecule has 2 aliphatic rings. The van der Waals surface area contributed by atoms with Gasteiger partial charge in [-0.3, -0.25) is 4.79 Å². The lowest BCUT2D eigenvalue weighted by molar-refractivity contribution is -0.189. The number of likely N-dealkylation sites (tertiary alicyclic amines) is 1. The number of likely N-dealkylation sites (N-methyl/N-ethyl adjacent to an activating group) is 1. The first-order valence-corrected chi connectivity index (χ1v) is 8.85. The van der Waals surface area contributed by atoms with E-state index in [1.165, 1.54) is 5.56 Å². The zero-order valence-electron chi connectivity index (χ0n) is 14.7. The van der Waals surface area contributed by atoms with Gasteiger partial charge in [-0.25, -0.2) is 0 Å². The van der Waals surface area contributed by atoms with Crippen LogP contribution in [0.2, 0.25) is 0 Å². The molecule has 5 heteroatoms. The number of carbonyl (C=O) groups is 1. The molecule has 2 aliphatic heterocycles. The zero-order valence-corrected chi connectivity index (χ0v) is 15.6. The highest BCUT2D eigenvalue weighted by atomic mass is 35.5. The average Bonchev–Trinajstić information content (AvgIpc) is 2.59. The van der Waals surface area contributed by atoms with Gasteiger partial charge in [0.05, 0.1) is 5.60 Å². The van der Waals surface area contributed by atoms with E-state index in [4.69, 9.17) is 4.74 Å². The summed E-state index contributed by atoms with van der Waals surface area (Å²) in [5, 5.41) is 0. The molecule has 1 amide bonds. The second-order valence-electron chi connectivity index (χ2n) is 6.87. The van der Waals surface area contributed by atoms with Gasteiger partial charge in [0.25, 0.3) is 5.91 Å². The molecule has 1 aromatic rings. The number of halogens is 1. The van der Waals surface area contributed by atoms with Gasteiger partial charge in [-0.05, 0) is 38.7 Å². The van der Waals surface area contributed by atoms with Crippen molar-refractivity contribution in [2.45, 2.75) is 44.8 Å². The maximum Gasteiger partial charge on any atom is 0.251 e. The predicted octanol–water partition coefficient (Wildman–Crippen LogP) is 2.75. The Morgan fingerprint density at radius 1 is 1.21 bits per heavy atom. The SMILES string of the molecule is CCN1CC2(CCN(CCc3ccccc3)CC2)OC(C)C1=O.Cl. The summed E-state index contributed by atoms with van der Waals surface area (Å²) in [5.74, 6) is 0.143. The third kappa shape index (κ3) is 4.29. The lowest BCUT2D eigenvalue weighted by atomic mass is 9.88. The zero-order chi connectivity index (χ0) is 16.3. The smallest absolute Gasteiger partial charge is 0.251 e. The number of hydrogen-bond acceptors (Lipinski definition) is 3. The van der Waals surface area contributed by atoms with Crippen LogP contribution in [0.4, 0.5) is 0 Å². The molecule has 4 nitrogen and oxygen atoms in total. The molecule has 0 aromatic heterocycles.